The van der Waals surface area contributed by atoms with E-state index >= 15 is 0 Å². The minimum Gasteiger partial charge on any atom is -0.353 e. The predicted molar refractivity (Wildman–Crippen MR) is 119 cm³/mol. The number of anilines is 1. The fourth-order valence-corrected chi connectivity index (χ4v) is 5.72. The normalized spacial score (nSPS) is 18.5. The molecule has 2 aliphatic heterocycles. The molecule has 1 aromatic carbocycles. The van der Waals surface area contributed by atoms with Gasteiger partial charge >= 0.3 is 0 Å². The quantitative estimate of drug-likeness (QED) is 0.624. The van der Waals surface area contributed by atoms with Crippen molar-refractivity contribution in [2.45, 2.75) is 11.3 Å². The van der Waals surface area contributed by atoms with E-state index in [0.717, 1.165) is 41.4 Å². The van der Waals surface area contributed by atoms with Crippen LogP contribution >= 0.6 is 0 Å². The average Bonchev–Trinajstić information content (AvgIpc) is 2.83. The van der Waals surface area contributed by atoms with Crippen molar-refractivity contribution in [3.8, 4) is 0 Å². The second-order valence-electron chi connectivity index (χ2n) is 8.10. The van der Waals surface area contributed by atoms with Crippen LogP contribution in [0.5, 0.6) is 0 Å². The number of benzene rings is 1. The molecular formula is C22H27F2N5O3S. The van der Waals surface area contributed by atoms with Crippen LogP contribution < -0.4 is 4.90 Å². The number of nitrogens with zero attached hydrogens (tertiary/aromatic N) is 5. The smallest absolute Gasteiger partial charge is 0.249 e. The molecule has 0 atom stereocenters. The average molecular weight is 480 g/mol. The molecule has 33 heavy (non-hydrogen) atoms. The summed E-state index contributed by atoms with van der Waals surface area (Å²) >= 11 is 0. The summed E-state index contributed by atoms with van der Waals surface area (Å²) in [6.45, 7) is 4.27. The van der Waals surface area contributed by atoms with Crippen LogP contribution in [0.2, 0.25) is 0 Å². The van der Waals surface area contributed by atoms with Crippen molar-refractivity contribution in [3.05, 3.63) is 54.2 Å². The summed E-state index contributed by atoms with van der Waals surface area (Å²) in [5.74, 6) is -1.20. The first-order valence-corrected chi connectivity index (χ1v) is 12.4. The fraction of sp³-hybridized carbons (Fsp3) is 0.455. The van der Waals surface area contributed by atoms with E-state index in [1.807, 2.05) is 28.0 Å². The van der Waals surface area contributed by atoms with Crippen molar-refractivity contribution < 1.29 is 22.0 Å². The number of halogens is 2. The molecule has 0 unspecified atom stereocenters. The summed E-state index contributed by atoms with van der Waals surface area (Å²) < 4.78 is 54.5. The van der Waals surface area contributed by atoms with Gasteiger partial charge in [-0.25, -0.2) is 22.2 Å². The first-order chi connectivity index (χ1) is 15.9. The highest BCUT2D eigenvalue weighted by atomic mass is 32.2. The highest BCUT2D eigenvalue weighted by molar-refractivity contribution is 7.89. The van der Waals surface area contributed by atoms with E-state index in [-0.39, 0.29) is 19.0 Å². The standard InChI is InChI=1S/C22H27F2N5O3S/c23-18-4-3-5-19(24)22(18)33(31,32)29-16-10-26(11-17-29)9-7-21(30)28-14-12-27(13-15-28)20-6-1-2-8-25-20/h1-6,8H,7,9-17H2. The van der Waals surface area contributed by atoms with Crippen molar-refractivity contribution in [2.75, 3.05) is 63.8 Å². The fourth-order valence-electron chi connectivity index (χ4n) is 4.19. The Balaban J connectivity index is 1.23. The van der Waals surface area contributed by atoms with Crippen molar-refractivity contribution in [3.63, 3.8) is 0 Å². The van der Waals surface area contributed by atoms with Crippen LogP contribution in [0, 0.1) is 11.6 Å². The molecule has 0 aliphatic carbocycles. The monoisotopic (exact) mass is 479 g/mol. The Morgan fingerprint density at radius 3 is 2.15 bits per heavy atom. The minimum absolute atomic E-state index is 0.0687. The molecule has 0 radical (unpaired) electrons. The van der Waals surface area contributed by atoms with Crippen LogP contribution in [-0.4, -0.2) is 92.3 Å². The highest BCUT2D eigenvalue weighted by Crippen LogP contribution is 2.23. The first-order valence-electron chi connectivity index (χ1n) is 11.0. The lowest BCUT2D eigenvalue weighted by Crippen LogP contribution is -2.51. The lowest BCUT2D eigenvalue weighted by molar-refractivity contribution is -0.131. The lowest BCUT2D eigenvalue weighted by Gasteiger charge is -2.36. The largest absolute Gasteiger partial charge is 0.353 e. The van der Waals surface area contributed by atoms with Gasteiger partial charge in [0, 0.05) is 71.5 Å². The van der Waals surface area contributed by atoms with Crippen LogP contribution in [0.3, 0.4) is 0 Å². The molecule has 0 saturated carbocycles. The molecule has 11 heteroatoms. The number of carbonyl (C=O) groups is 1. The topological polar surface area (TPSA) is 77.1 Å². The molecule has 4 rings (SSSR count). The molecule has 0 spiro atoms. The van der Waals surface area contributed by atoms with Crippen LogP contribution in [0.25, 0.3) is 0 Å². The molecule has 8 nitrogen and oxygen atoms in total. The second kappa shape index (κ2) is 10.1. The van der Waals surface area contributed by atoms with Gasteiger partial charge in [-0.05, 0) is 24.3 Å². The molecule has 0 bridgehead atoms. The Morgan fingerprint density at radius 1 is 0.879 bits per heavy atom. The minimum atomic E-state index is -4.25. The van der Waals surface area contributed by atoms with Crippen LogP contribution in [0.1, 0.15) is 6.42 Å². The molecule has 178 valence electrons. The van der Waals surface area contributed by atoms with Gasteiger partial charge in [0.15, 0.2) is 4.90 Å². The van der Waals surface area contributed by atoms with E-state index in [0.29, 0.717) is 39.1 Å². The molecule has 2 aliphatic rings. The van der Waals surface area contributed by atoms with Gasteiger partial charge in [-0.3, -0.25) is 4.79 Å². The maximum Gasteiger partial charge on any atom is 0.249 e. The third-order valence-corrected chi connectivity index (χ3v) is 8.05. The van der Waals surface area contributed by atoms with Crippen LogP contribution in [0.15, 0.2) is 47.5 Å². The van der Waals surface area contributed by atoms with E-state index in [4.69, 9.17) is 0 Å². The van der Waals surface area contributed by atoms with Crippen molar-refractivity contribution >= 4 is 21.7 Å². The van der Waals surface area contributed by atoms with Crippen molar-refractivity contribution in [1.82, 2.24) is 19.1 Å². The van der Waals surface area contributed by atoms with Gasteiger partial charge in [0.2, 0.25) is 15.9 Å². The Kier molecular flexibility index (Phi) is 7.20. The zero-order valence-corrected chi connectivity index (χ0v) is 19.1. The maximum absolute atomic E-state index is 14.0. The molecule has 1 aromatic heterocycles. The van der Waals surface area contributed by atoms with Gasteiger partial charge in [-0.15, -0.1) is 0 Å². The number of amides is 1. The number of piperazine rings is 2. The molecule has 2 saturated heterocycles. The SMILES string of the molecule is O=C(CCN1CCN(S(=O)(=O)c2c(F)cccc2F)CC1)N1CCN(c2ccccn2)CC1. The molecule has 1 amide bonds. The van der Waals surface area contributed by atoms with Crippen LogP contribution in [0.4, 0.5) is 14.6 Å². The zero-order chi connectivity index (χ0) is 23.4. The Bertz CT molecular complexity index is 1050. The number of hydrogen-bond donors (Lipinski definition) is 0. The van der Waals surface area contributed by atoms with Gasteiger partial charge in [-0.1, -0.05) is 12.1 Å². The third-order valence-electron chi connectivity index (χ3n) is 6.10. The van der Waals surface area contributed by atoms with Crippen molar-refractivity contribution in [2.24, 2.45) is 0 Å². The summed E-state index contributed by atoms with van der Waals surface area (Å²) in [6.07, 6.45) is 2.10. The number of carbonyl (C=O) groups excluding carboxylic acids is 1. The highest BCUT2D eigenvalue weighted by Gasteiger charge is 2.33. The van der Waals surface area contributed by atoms with E-state index in [1.165, 1.54) is 0 Å². The first kappa shape index (κ1) is 23.5. The van der Waals surface area contributed by atoms with Gasteiger partial charge in [0.1, 0.15) is 17.5 Å². The van der Waals surface area contributed by atoms with Crippen molar-refractivity contribution in [1.29, 1.82) is 0 Å². The predicted octanol–water partition coefficient (Wildman–Crippen LogP) is 1.40. The van der Waals surface area contributed by atoms with Gasteiger partial charge in [0.05, 0.1) is 0 Å². The lowest BCUT2D eigenvalue weighted by atomic mass is 10.2. The molecule has 3 heterocycles. The van der Waals surface area contributed by atoms with E-state index in [1.54, 1.807) is 6.20 Å². The number of sulfonamides is 1. The van der Waals surface area contributed by atoms with E-state index in [9.17, 15) is 22.0 Å². The Morgan fingerprint density at radius 2 is 1.55 bits per heavy atom. The molecule has 0 N–H and O–H groups in total. The summed E-state index contributed by atoms with van der Waals surface area (Å²) in [4.78, 5) is 22.1. The summed E-state index contributed by atoms with van der Waals surface area (Å²) in [6, 6.07) is 8.78. The van der Waals surface area contributed by atoms with Crippen LogP contribution in [-0.2, 0) is 14.8 Å². The number of aromatic nitrogens is 1. The maximum atomic E-state index is 14.0. The molecule has 2 aromatic rings. The third kappa shape index (κ3) is 5.31. The molecule has 2 fully saturated rings. The Labute approximate surface area is 192 Å². The molecular weight excluding hydrogens is 452 g/mol. The van der Waals surface area contributed by atoms with Gasteiger partial charge < -0.3 is 14.7 Å². The summed E-state index contributed by atoms with van der Waals surface area (Å²) in [7, 11) is -4.25. The number of pyridine rings is 1. The number of hydrogen-bond acceptors (Lipinski definition) is 6. The zero-order valence-electron chi connectivity index (χ0n) is 18.2. The number of rotatable bonds is 6. The van der Waals surface area contributed by atoms with Gasteiger partial charge in [0.25, 0.3) is 0 Å². The van der Waals surface area contributed by atoms with E-state index in [2.05, 4.69) is 9.88 Å². The summed E-state index contributed by atoms with van der Waals surface area (Å²) in [5, 5.41) is 0. The van der Waals surface area contributed by atoms with E-state index < -0.39 is 26.6 Å². The van der Waals surface area contributed by atoms with Gasteiger partial charge in [-0.2, -0.15) is 4.31 Å². The Hall–Kier alpha value is -2.63. The summed E-state index contributed by atoms with van der Waals surface area (Å²) in [5.41, 5.74) is 0. The second-order valence-corrected chi connectivity index (χ2v) is 9.98.